The van der Waals surface area contributed by atoms with Gasteiger partial charge in [-0.1, -0.05) is 0 Å². The van der Waals surface area contributed by atoms with E-state index < -0.39 is 38.1 Å². The molecule has 28 heavy (non-hydrogen) atoms. The Hall–Kier alpha value is -2.04. The second kappa shape index (κ2) is 7.41. The van der Waals surface area contributed by atoms with Gasteiger partial charge in [0.1, 0.15) is 28.0 Å². The fourth-order valence-corrected chi connectivity index (χ4v) is 4.50. The molecule has 0 aliphatic carbocycles. The molecule has 0 saturated heterocycles. The summed E-state index contributed by atoms with van der Waals surface area (Å²) >= 11 is 0. The number of nitrogens with two attached hydrogens (primary N) is 1. The maximum Gasteiger partial charge on any atom is 0.253 e. The van der Waals surface area contributed by atoms with Crippen molar-refractivity contribution in [3.05, 3.63) is 29.6 Å². The molecule has 1 aliphatic heterocycles. The summed E-state index contributed by atoms with van der Waals surface area (Å²) in [5.74, 6) is -1.08. The van der Waals surface area contributed by atoms with Crippen molar-refractivity contribution in [2.45, 2.75) is 44.1 Å². The first kappa shape index (κ1) is 22.3. The lowest BCUT2D eigenvalue weighted by atomic mass is 9.91. The van der Waals surface area contributed by atoms with E-state index in [1.54, 1.807) is 13.8 Å². The quantitative estimate of drug-likeness (QED) is 0.774. The van der Waals surface area contributed by atoms with E-state index in [2.05, 4.69) is 10.3 Å². The summed E-state index contributed by atoms with van der Waals surface area (Å²) < 4.78 is 45.0. The normalized spacial score (nSPS) is 25.5. The first-order chi connectivity index (χ1) is 12.8. The topological polar surface area (TPSA) is 114 Å². The molecule has 0 aromatic heterocycles. The molecule has 0 spiro atoms. The molecule has 0 radical (unpaired) electrons. The number of amidine groups is 1. The fourth-order valence-electron chi connectivity index (χ4n) is 2.99. The zero-order chi connectivity index (χ0) is 21.5. The van der Waals surface area contributed by atoms with Gasteiger partial charge in [-0.3, -0.25) is 9.79 Å². The number of amides is 1. The summed E-state index contributed by atoms with van der Waals surface area (Å²) in [6.45, 7) is 6.00. The largest absolute Gasteiger partial charge is 0.386 e. The number of hydrogen-bond donors (Lipinski definition) is 2. The van der Waals surface area contributed by atoms with Gasteiger partial charge in [-0.2, -0.15) is 0 Å². The third-order valence-corrected chi connectivity index (χ3v) is 7.56. The fraction of sp³-hybridized carbons (Fsp3) is 0.556. The van der Waals surface area contributed by atoms with Crippen LogP contribution in [-0.2, 0) is 25.1 Å². The number of methoxy groups -OCH3 is 1. The van der Waals surface area contributed by atoms with Crippen LogP contribution in [0.5, 0.6) is 0 Å². The van der Waals surface area contributed by atoms with E-state index in [1.165, 1.54) is 46.2 Å². The number of sulfonamides is 1. The highest BCUT2D eigenvalue weighted by Gasteiger charge is 2.48. The highest BCUT2D eigenvalue weighted by Crippen LogP contribution is 2.36. The Kier molecular flexibility index (Phi) is 5.89. The summed E-state index contributed by atoms with van der Waals surface area (Å²) in [5.41, 5.74) is 5.21. The summed E-state index contributed by atoms with van der Waals surface area (Å²) in [7, 11) is -0.977. The van der Waals surface area contributed by atoms with Gasteiger partial charge in [-0.25, -0.2) is 17.1 Å². The number of carbonyl (C=O) groups is 1. The van der Waals surface area contributed by atoms with Gasteiger partial charge in [0.05, 0.1) is 0 Å². The van der Waals surface area contributed by atoms with Crippen molar-refractivity contribution in [1.82, 2.24) is 4.31 Å². The van der Waals surface area contributed by atoms with Crippen LogP contribution < -0.4 is 11.1 Å². The SMILES string of the molecule is CO[C@@H](C)C(=O)Nc1ccc(F)c([C@]2(C)CN(C)S(=O)(=O)C(C)(C)C(N)=N2)c1. The van der Waals surface area contributed by atoms with Crippen molar-refractivity contribution in [2.75, 3.05) is 26.0 Å². The Morgan fingerprint density at radius 1 is 1.39 bits per heavy atom. The molecule has 3 N–H and O–H groups in total. The number of nitrogens with zero attached hydrogens (tertiary/aromatic N) is 2. The molecule has 0 fully saturated rings. The van der Waals surface area contributed by atoms with Crippen LogP contribution in [0.2, 0.25) is 0 Å². The van der Waals surface area contributed by atoms with Gasteiger partial charge in [0.2, 0.25) is 10.0 Å². The number of likely N-dealkylation sites (N-methyl/N-ethyl adjacent to an activating group) is 1. The molecule has 0 saturated carbocycles. The van der Waals surface area contributed by atoms with E-state index in [9.17, 15) is 17.6 Å². The molecule has 0 bridgehead atoms. The minimum Gasteiger partial charge on any atom is -0.386 e. The number of rotatable bonds is 4. The van der Waals surface area contributed by atoms with E-state index in [4.69, 9.17) is 10.5 Å². The van der Waals surface area contributed by atoms with Gasteiger partial charge in [-0.05, 0) is 45.9 Å². The molecule has 0 unspecified atom stereocenters. The second-order valence-electron chi connectivity index (χ2n) is 7.60. The van der Waals surface area contributed by atoms with Gasteiger partial charge < -0.3 is 15.8 Å². The number of anilines is 1. The number of nitrogens with one attached hydrogen (secondary N) is 1. The first-order valence-electron chi connectivity index (χ1n) is 8.71. The third-order valence-electron chi connectivity index (χ3n) is 5.11. The van der Waals surface area contributed by atoms with E-state index >= 15 is 0 Å². The molecule has 1 heterocycles. The van der Waals surface area contributed by atoms with E-state index in [1.807, 2.05) is 0 Å². The highest BCUT2D eigenvalue weighted by molar-refractivity contribution is 7.91. The van der Waals surface area contributed by atoms with Crippen molar-refractivity contribution in [1.29, 1.82) is 0 Å². The van der Waals surface area contributed by atoms with Gasteiger partial charge in [0.25, 0.3) is 5.91 Å². The molecule has 1 aromatic carbocycles. The first-order valence-corrected chi connectivity index (χ1v) is 10.2. The van der Waals surface area contributed by atoms with Crippen LogP contribution in [0.25, 0.3) is 0 Å². The summed E-state index contributed by atoms with van der Waals surface area (Å²) in [5, 5.41) is 2.64. The molecule has 2 rings (SSSR count). The van der Waals surface area contributed by atoms with Gasteiger partial charge in [-0.15, -0.1) is 0 Å². The standard InChI is InChI=1S/C18H27FN4O4S/c1-11(27-6)15(24)21-12-7-8-14(19)13(9-12)18(4)10-23(5)28(25,26)17(2,3)16(20)22-18/h7-9,11H,10H2,1-6H3,(H2,20,22)(H,21,24)/t11-,18-/m0/s1. The molecular weight excluding hydrogens is 387 g/mol. The van der Waals surface area contributed by atoms with Crippen molar-refractivity contribution in [3.8, 4) is 0 Å². The van der Waals surface area contributed by atoms with Crippen LogP contribution in [0.15, 0.2) is 23.2 Å². The van der Waals surface area contributed by atoms with E-state index in [0.29, 0.717) is 5.69 Å². The number of hydrogen-bond acceptors (Lipinski definition) is 6. The van der Waals surface area contributed by atoms with Gasteiger partial charge in [0, 0.05) is 32.0 Å². The summed E-state index contributed by atoms with van der Waals surface area (Å²) in [6, 6.07) is 4.05. The Bertz CT molecular complexity index is 916. The van der Waals surface area contributed by atoms with Crippen LogP contribution >= 0.6 is 0 Å². The van der Waals surface area contributed by atoms with E-state index in [-0.39, 0.29) is 17.9 Å². The Morgan fingerprint density at radius 3 is 2.57 bits per heavy atom. The van der Waals surface area contributed by atoms with Crippen LogP contribution in [-0.4, -0.2) is 56.0 Å². The lowest BCUT2D eigenvalue weighted by Crippen LogP contribution is -2.50. The lowest BCUT2D eigenvalue weighted by Gasteiger charge is -2.29. The van der Waals surface area contributed by atoms with Crippen LogP contribution in [0, 0.1) is 5.82 Å². The van der Waals surface area contributed by atoms with Crippen molar-refractivity contribution >= 4 is 27.5 Å². The Morgan fingerprint density at radius 2 is 2.00 bits per heavy atom. The molecule has 1 aromatic rings. The molecule has 1 amide bonds. The Balaban J connectivity index is 2.55. The minimum atomic E-state index is -3.79. The average molecular weight is 415 g/mol. The van der Waals surface area contributed by atoms with Crippen LogP contribution in [0.1, 0.15) is 33.3 Å². The van der Waals surface area contributed by atoms with Crippen molar-refractivity contribution in [2.24, 2.45) is 10.7 Å². The monoisotopic (exact) mass is 414 g/mol. The molecular formula is C18H27FN4O4S. The number of aliphatic imine (C=N–C) groups is 1. The maximum atomic E-state index is 14.7. The number of ether oxygens (including phenoxy) is 1. The molecule has 156 valence electrons. The minimum absolute atomic E-state index is 0.109. The predicted octanol–water partition coefficient (Wildman–Crippen LogP) is 1.43. The highest BCUT2D eigenvalue weighted by atomic mass is 32.2. The number of carbonyl (C=O) groups excluding carboxylic acids is 1. The smallest absolute Gasteiger partial charge is 0.253 e. The van der Waals surface area contributed by atoms with Gasteiger partial charge >= 0.3 is 0 Å². The maximum absolute atomic E-state index is 14.7. The Labute approximate surface area is 165 Å². The zero-order valence-corrected chi connectivity index (χ0v) is 17.7. The predicted molar refractivity (Wildman–Crippen MR) is 106 cm³/mol. The third kappa shape index (κ3) is 3.76. The zero-order valence-electron chi connectivity index (χ0n) is 16.9. The molecule has 1 aliphatic rings. The number of benzene rings is 1. The van der Waals surface area contributed by atoms with Crippen LogP contribution in [0.4, 0.5) is 10.1 Å². The average Bonchev–Trinajstić information content (AvgIpc) is 2.65. The molecule has 2 atom stereocenters. The van der Waals surface area contributed by atoms with Crippen LogP contribution in [0.3, 0.4) is 0 Å². The molecule has 8 nitrogen and oxygen atoms in total. The van der Waals surface area contributed by atoms with Crippen molar-refractivity contribution in [3.63, 3.8) is 0 Å². The molecule has 10 heteroatoms. The van der Waals surface area contributed by atoms with E-state index in [0.717, 1.165) is 4.31 Å². The number of halogens is 1. The summed E-state index contributed by atoms with van der Waals surface area (Å²) in [6.07, 6.45) is -0.687. The lowest BCUT2D eigenvalue weighted by molar-refractivity contribution is -0.124. The van der Waals surface area contributed by atoms with Gasteiger partial charge in [0.15, 0.2) is 0 Å². The summed E-state index contributed by atoms with van der Waals surface area (Å²) in [4.78, 5) is 16.5. The second-order valence-corrected chi connectivity index (χ2v) is 10.2. The van der Waals surface area contributed by atoms with Crippen molar-refractivity contribution < 1.29 is 22.3 Å².